The number of fused-ring (bicyclic) bond motifs is 1. The SMILES string of the molecule is Cc1ccccc1-n1nccc1NC(=O)Cc1n[nH]c(=O)c2ccccc12. The summed E-state index contributed by atoms with van der Waals surface area (Å²) in [6.45, 7) is 1.99. The third-order valence-corrected chi connectivity index (χ3v) is 4.36. The van der Waals surface area contributed by atoms with E-state index in [0.29, 0.717) is 22.3 Å². The Labute approximate surface area is 154 Å². The first-order valence-electron chi connectivity index (χ1n) is 8.49. The van der Waals surface area contributed by atoms with Crippen molar-refractivity contribution in [3.63, 3.8) is 0 Å². The summed E-state index contributed by atoms with van der Waals surface area (Å²) < 4.78 is 1.69. The van der Waals surface area contributed by atoms with Gasteiger partial charge in [-0.3, -0.25) is 9.59 Å². The number of aromatic amines is 1. The van der Waals surface area contributed by atoms with Crippen LogP contribution in [0.1, 0.15) is 11.3 Å². The first-order chi connectivity index (χ1) is 13.1. The van der Waals surface area contributed by atoms with Crippen LogP contribution in [0, 0.1) is 6.92 Å². The van der Waals surface area contributed by atoms with E-state index in [-0.39, 0.29) is 17.9 Å². The molecular weight excluding hydrogens is 342 g/mol. The second-order valence-electron chi connectivity index (χ2n) is 6.18. The van der Waals surface area contributed by atoms with Crippen molar-refractivity contribution in [1.82, 2.24) is 20.0 Å². The van der Waals surface area contributed by atoms with Gasteiger partial charge in [0.1, 0.15) is 5.82 Å². The number of hydrogen-bond acceptors (Lipinski definition) is 4. The van der Waals surface area contributed by atoms with Crippen LogP contribution in [0.4, 0.5) is 5.82 Å². The van der Waals surface area contributed by atoms with Gasteiger partial charge in [0.25, 0.3) is 5.56 Å². The van der Waals surface area contributed by atoms with E-state index < -0.39 is 0 Å². The molecule has 0 radical (unpaired) electrons. The second kappa shape index (κ2) is 6.87. The van der Waals surface area contributed by atoms with Crippen molar-refractivity contribution in [3.8, 4) is 5.69 Å². The van der Waals surface area contributed by atoms with Gasteiger partial charge in [0, 0.05) is 11.5 Å². The molecule has 0 aliphatic heterocycles. The quantitative estimate of drug-likeness (QED) is 0.586. The third-order valence-electron chi connectivity index (χ3n) is 4.36. The first kappa shape index (κ1) is 16.7. The van der Waals surface area contributed by atoms with Gasteiger partial charge in [-0.1, -0.05) is 36.4 Å². The fourth-order valence-corrected chi connectivity index (χ4v) is 3.04. The van der Waals surface area contributed by atoms with E-state index in [2.05, 4.69) is 20.6 Å². The van der Waals surface area contributed by atoms with Gasteiger partial charge in [0.15, 0.2) is 0 Å². The number of carbonyl (C=O) groups is 1. The van der Waals surface area contributed by atoms with E-state index in [4.69, 9.17) is 0 Å². The summed E-state index contributed by atoms with van der Waals surface area (Å²) in [6, 6.07) is 16.6. The summed E-state index contributed by atoms with van der Waals surface area (Å²) in [6.07, 6.45) is 1.67. The van der Waals surface area contributed by atoms with Crippen LogP contribution in [0.2, 0.25) is 0 Å². The highest BCUT2D eigenvalue weighted by molar-refractivity contribution is 5.94. The average molecular weight is 359 g/mol. The number of nitrogens with one attached hydrogen (secondary N) is 2. The molecule has 2 N–H and O–H groups in total. The second-order valence-corrected chi connectivity index (χ2v) is 6.18. The van der Waals surface area contributed by atoms with Crippen molar-refractivity contribution in [1.29, 1.82) is 0 Å². The Morgan fingerprint density at radius 2 is 1.81 bits per heavy atom. The molecule has 0 saturated carbocycles. The molecule has 0 atom stereocenters. The van der Waals surface area contributed by atoms with E-state index >= 15 is 0 Å². The lowest BCUT2D eigenvalue weighted by Gasteiger charge is -2.11. The smallest absolute Gasteiger partial charge is 0.272 e. The molecule has 134 valence electrons. The Kier molecular flexibility index (Phi) is 4.25. The van der Waals surface area contributed by atoms with Crippen molar-refractivity contribution >= 4 is 22.5 Å². The van der Waals surface area contributed by atoms with Crippen LogP contribution < -0.4 is 10.9 Å². The van der Waals surface area contributed by atoms with Crippen molar-refractivity contribution < 1.29 is 4.79 Å². The predicted molar refractivity (Wildman–Crippen MR) is 103 cm³/mol. The minimum atomic E-state index is -0.271. The van der Waals surface area contributed by atoms with Gasteiger partial charge >= 0.3 is 0 Å². The number of carbonyl (C=O) groups excluding carboxylic acids is 1. The molecule has 0 fully saturated rings. The van der Waals surface area contributed by atoms with Gasteiger partial charge in [-0.2, -0.15) is 10.2 Å². The molecule has 1 amide bonds. The highest BCUT2D eigenvalue weighted by Crippen LogP contribution is 2.19. The van der Waals surface area contributed by atoms with Crippen LogP contribution in [-0.2, 0) is 11.2 Å². The molecule has 2 heterocycles. The van der Waals surface area contributed by atoms with E-state index in [9.17, 15) is 9.59 Å². The minimum Gasteiger partial charge on any atom is -0.310 e. The Morgan fingerprint density at radius 1 is 1.07 bits per heavy atom. The zero-order chi connectivity index (χ0) is 18.8. The molecule has 0 aliphatic rings. The van der Waals surface area contributed by atoms with Crippen LogP contribution in [0.15, 0.2) is 65.6 Å². The Balaban J connectivity index is 1.61. The van der Waals surface area contributed by atoms with Gasteiger partial charge in [0.05, 0.1) is 29.4 Å². The van der Waals surface area contributed by atoms with Crippen LogP contribution in [0.25, 0.3) is 16.5 Å². The van der Waals surface area contributed by atoms with Crippen molar-refractivity contribution in [3.05, 3.63) is 82.4 Å². The van der Waals surface area contributed by atoms with Crippen molar-refractivity contribution in [2.75, 3.05) is 5.32 Å². The van der Waals surface area contributed by atoms with Crippen LogP contribution in [-0.4, -0.2) is 25.9 Å². The van der Waals surface area contributed by atoms with Crippen LogP contribution >= 0.6 is 0 Å². The zero-order valence-electron chi connectivity index (χ0n) is 14.6. The Bertz CT molecular complexity index is 1190. The zero-order valence-corrected chi connectivity index (χ0v) is 14.6. The lowest BCUT2D eigenvalue weighted by atomic mass is 10.1. The molecule has 0 unspecified atom stereocenters. The summed E-state index contributed by atoms with van der Waals surface area (Å²) in [4.78, 5) is 24.5. The highest BCUT2D eigenvalue weighted by Gasteiger charge is 2.14. The molecule has 4 aromatic rings. The molecule has 4 rings (SSSR count). The average Bonchev–Trinajstić information content (AvgIpc) is 3.12. The monoisotopic (exact) mass is 359 g/mol. The maximum absolute atomic E-state index is 12.6. The first-order valence-corrected chi connectivity index (χ1v) is 8.49. The number of anilines is 1. The normalized spacial score (nSPS) is 10.9. The van der Waals surface area contributed by atoms with Crippen LogP contribution in [0.3, 0.4) is 0 Å². The summed E-state index contributed by atoms with van der Waals surface area (Å²) in [7, 11) is 0. The number of aryl methyl sites for hydroxylation is 1. The number of aromatic nitrogens is 4. The molecule has 0 saturated heterocycles. The van der Waals surface area contributed by atoms with Gasteiger partial charge in [-0.15, -0.1) is 0 Å². The summed E-state index contributed by atoms with van der Waals surface area (Å²) in [5.41, 5.74) is 2.19. The van der Waals surface area contributed by atoms with Crippen molar-refractivity contribution in [2.45, 2.75) is 13.3 Å². The van der Waals surface area contributed by atoms with E-state index in [0.717, 1.165) is 11.3 Å². The van der Waals surface area contributed by atoms with E-state index in [1.165, 1.54) is 0 Å². The summed E-state index contributed by atoms with van der Waals surface area (Å²) in [5.74, 6) is 0.332. The van der Waals surface area contributed by atoms with Gasteiger partial charge in [0.2, 0.25) is 5.91 Å². The maximum atomic E-state index is 12.6. The molecule has 7 nitrogen and oxygen atoms in total. The Morgan fingerprint density at radius 3 is 2.63 bits per heavy atom. The van der Waals surface area contributed by atoms with E-state index in [1.807, 2.05) is 37.3 Å². The third kappa shape index (κ3) is 3.22. The summed E-state index contributed by atoms with van der Waals surface area (Å²) >= 11 is 0. The maximum Gasteiger partial charge on any atom is 0.272 e. The molecule has 0 aliphatic carbocycles. The molecule has 27 heavy (non-hydrogen) atoms. The van der Waals surface area contributed by atoms with E-state index in [1.54, 1.807) is 35.1 Å². The standard InChI is InChI=1S/C20H17N5O2/c1-13-6-2-5-9-17(13)25-18(10-11-21-25)22-19(26)12-16-14-7-3-4-8-15(14)20(27)24-23-16/h2-11H,12H2,1H3,(H,22,26)(H,24,27). The fraction of sp³-hybridized carbons (Fsp3) is 0.100. The van der Waals surface area contributed by atoms with Gasteiger partial charge in [-0.25, -0.2) is 9.78 Å². The molecule has 2 aromatic heterocycles. The number of benzene rings is 2. The largest absolute Gasteiger partial charge is 0.310 e. The molecule has 7 heteroatoms. The molecule has 0 bridgehead atoms. The summed E-state index contributed by atoms with van der Waals surface area (Å²) in [5, 5.41) is 14.9. The van der Waals surface area contributed by atoms with Gasteiger partial charge in [-0.05, 0) is 24.6 Å². The van der Waals surface area contributed by atoms with Gasteiger partial charge < -0.3 is 5.32 Å². The minimum absolute atomic E-state index is 0.0379. The number of nitrogens with zero attached hydrogens (tertiary/aromatic N) is 3. The molecule has 2 aromatic carbocycles. The number of rotatable bonds is 4. The molecule has 0 spiro atoms. The number of hydrogen-bond donors (Lipinski definition) is 2. The topological polar surface area (TPSA) is 92.7 Å². The number of para-hydroxylation sites is 1. The lowest BCUT2D eigenvalue weighted by molar-refractivity contribution is -0.115. The Hall–Kier alpha value is -3.74. The van der Waals surface area contributed by atoms with Crippen molar-refractivity contribution in [2.24, 2.45) is 0 Å². The predicted octanol–water partition coefficient (Wildman–Crippen LogP) is 2.60. The lowest BCUT2D eigenvalue weighted by Crippen LogP contribution is -2.20. The molecular formula is C20H17N5O2. The van der Waals surface area contributed by atoms with Crippen LogP contribution in [0.5, 0.6) is 0 Å². The fourth-order valence-electron chi connectivity index (χ4n) is 3.04. The number of H-pyrrole nitrogens is 1. The highest BCUT2D eigenvalue weighted by atomic mass is 16.1. The number of amides is 1.